The number of aryl methyl sites for hydroxylation is 1. The summed E-state index contributed by atoms with van der Waals surface area (Å²) in [5, 5.41) is 8.43. The number of hydrogen-bond acceptors (Lipinski definition) is 5. The number of anilines is 1. The smallest absolute Gasteiger partial charge is 0.169 e. The van der Waals surface area contributed by atoms with Crippen LogP contribution in [0.4, 0.5) is 14.6 Å². The highest BCUT2D eigenvalue weighted by Gasteiger charge is 2.33. The Morgan fingerprint density at radius 1 is 1.18 bits per heavy atom. The molecule has 5 rings (SSSR count). The number of nitrogens with zero attached hydrogens (tertiary/aromatic N) is 6. The van der Waals surface area contributed by atoms with Crippen LogP contribution in [0, 0.1) is 11.6 Å². The quantitative estimate of drug-likeness (QED) is 0.799. The molecule has 0 amide bonds. The van der Waals surface area contributed by atoms with E-state index in [9.17, 15) is 8.78 Å². The minimum atomic E-state index is -0.417. The summed E-state index contributed by atoms with van der Waals surface area (Å²) in [7, 11) is 1.88. The Bertz CT molecular complexity index is 1010. The molecule has 1 fully saturated rings. The second-order valence-corrected chi connectivity index (χ2v) is 7.14. The zero-order valence-electron chi connectivity index (χ0n) is 15.5. The molecule has 0 aliphatic carbocycles. The van der Waals surface area contributed by atoms with Crippen molar-refractivity contribution in [1.29, 1.82) is 0 Å². The molecule has 1 saturated heterocycles. The third-order valence-electron chi connectivity index (χ3n) is 5.36. The molecule has 144 valence electrons. The second-order valence-electron chi connectivity index (χ2n) is 7.14. The maximum absolute atomic E-state index is 14.3. The number of fused-ring (bicyclic) bond motifs is 1. The van der Waals surface area contributed by atoms with Crippen LogP contribution >= 0.6 is 0 Å². The lowest BCUT2D eigenvalue weighted by atomic mass is 10.0. The number of likely N-dealkylation sites (tertiary alicyclic amines) is 1. The molecule has 2 aromatic rings. The first-order chi connectivity index (χ1) is 13.6. The van der Waals surface area contributed by atoms with Crippen molar-refractivity contribution in [3.63, 3.8) is 0 Å². The van der Waals surface area contributed by atoms with E-state index in [0.29, 0.717) is 12.1 Å². The summed E-state index contributed by atoms with van der Waals surface area (Å²) in [5.74, 6) is 1.64. The van der Waals surface area contributed by atoms with Crippen LogP contribution < -0.4 is 5.01 Å². The molecule has 0 N–H and O–H groups in total. The van der Waals surface area contributed by atoms with Crippen LogP contribution in [0.25, 0.3) is 0 Å². The Hall–Kier alpha value is -3.16. The van der Waals surface area contributed by atoms with Gasteiger partial charge in [0.25, 0.3) is 0 Å². The van der Waals surface area contributed by atoms with Crippen LogP contribution in [0.2, 0.25) is 0 Å². The van der Waals surface area contributed by atoms with Crippen LogP contribution in [0.1, 0.15) is 24.4 Å². The van der Waals surface area contributed by atoms with Gasteiger partial charge in [-0.3, -0.25) is 9.69 Å². The van der Waals surface area contributed by atoms with Crippen LogP contribution in [-0.2, 0) is 7.05 Å². The summed E-state index contributed by atoms with van der Waals surface area (Å²) in [6.07, 6.45) is 9.50. The number of aromatic nitrogens is 2. The topological polar surface area (TPSA) is 39.9 Å². The molecule has 28 heavy (non-hydrogen) atoms. The van der Waals surface area contributed by atoms with Gasteiger partial charge < -0.3 is 4.90 Å². The predicted octanol–water partition coefficient (Wildman–Crippen LogP) is 3.34. The number of amidine groups is 1. The molecule has 6 nitrogen and oxygen atoms in total. The number of aliphatic imine (C=N–C) groups is 1. The minimum absolute atomic E-state index is 0.209. The van der Waals surface area contributed by atoms with Crippen LogP contribution in [0.3, 0.4) is 0 Å². The Kier molecular flexibility index (Phi) is 3.92. The van der Waals surface area contributed by atoms with Crippen molar-refractivity contribution in [2.24, 2.45) is 12.0 Å². The minimum Gasteiger partial charge on any atom is -0.349 e. The second kappa shape index (κ2) is 6.47. The van der Waals surface area contributed by atoms with E-state index in [1.807, 2.05) is 47.7 Å². The summed E-state index contributed by atoms with van der Waals surface area (Å²) in [6.45, 7) is 1.44. The lowest BCUT2D eigenvalue weighted by Gasteiger charge is -2.33. The van der Waals surface area contributed by atoms with Crippen molar-refractivity contribution < 1.29 is 8.78 Å². The predicted molar refractivity (Wildman–Crippen MR) is 102 cm³/mol. The molecule has 4 heterocycles. The van der Waals surface area contributed by atoms with E-state index in [1.54, 1.807) is 4.68 Å². The normalized spacial score (nSPS) is 21.2. The average molecular weight is 382 g/mol. The highest BCUT2D eigenvalue weighted by molar-refractivity contribution is 5.95. The van der Waals surface area contributed by atoms with E-state index in [2.05, 4.69) is 10.00 Å². The molecule has 1 aromatic carbocycles. The number of rotatable bonds is 2. The van der Waals surface area contributed by atoms with Gasteiger partial charge in [0.15, 0.2) is 11.6 Å². The Morgan fingerprint density at radius 2 is 2.07 bits per heavy atom. The van der Waals surface area contributed by atoms with Gasteiger partial charge in [0.2, 0.25) is 0 Å². The van der Waals surface area contributed by atoms with Gasteiger partial charge in [0, 0.05) is 37.6 Å². The molecule has 1 aromatic heterocycles. The van der Waals surface area contributed by atoms with Crippen molar-refractivity contribution in [2.75, 3.05) is 18.1 Å². The van der Waals surface area contributed by atoms with E-state index in [0.717, 1.165) is 42.9 Å². The third kappa shape index (κ3) is 2.76. The zero-order chi connectivity index (χ0) is 19.3. The fourth-order valence-corrected chi connectivity index (χ4v) is 4.06. The fourth-order valence-electron chi connectivity index (χ4n) is 4.06. The van der Waals surface area contributed by atoms with Crippen molar-refractivity contribution >= 4 is 11.7 Å². The summed E-state index contributed by atoms with van der Waals surface area (Å²) in [4.78, 5) is 6.85. The lowest BCUT2D eigenvalue weighted by molar-refractivity contribution is 0.379. The first-order valence-corrected chi connectivity index (χ1v) is 9.35. The van der Waals surface area contributed by atoms with Gasteiger partial charge in [0.05, 0.1) is 12.6 Å². The standard InChI is InChI=1S/C20H20F2N6/c1-25-10-6-20(24-25)28-12-8-19-23-18(7-11-27(19)28)26-9-2-3-17(26)15-13-14(21)4-5-16(15)22/h4-8,10-11,13,17H,2-3,9,12H2,1H3/t17-/m1/s1. The van der Waals surface area contributed by atoms with Crippen molar-refractivity contribution in [1.82, 2.24) is 19.7 Å². The highest BCUT2D eigenvalue weighted by atomic mass is 19.1. The summed E-state index contributed by atoms with van der Waals surface area (Å²) < 4.78 is 29.8. The van der Waals surface area contributed by atoms with E-state index in [4.69, 9.17) is 4.99 Å². The molecule has 3 aliphatic heterocycles. The number of benzene rings is 1. The molecular weight excluding hydrogens is 362 g/mol. The average Bonchev–Trinajstić information content (AvgIpc) is 3.42. The van der Waals surface area contributed by atoms with Gasteiger partial charge in [-0.05, 0) is 43.2 Å². The summed E-state index contributed by atoms with van der Waals surface area (Å²) in [5.41, 5.74) is 0.395. The Morgan fingerprint density at radius 3 is 2.89 bits per heavy atom. The van der Waals surface area contributed by atoms with Gasteiger partial charge in [-0.25, -0.2) is 18.8 Å². The van der Waals surface area contributed by atoms with Gasteiger partial charge in [-0.1, -0.05) is 0 Å². The Balaban J connectivity index is 1.41. The SMILES string of the molecule is Cn1ccc(N2CC=C3N=C(N4CCC[C@@H]4c4cc(F)ccc4F)C=CN32)n1. The zero-order valence-corrected chi connectivity index (χ0v) is 15.5. The molecule has 8 heteroatoms. The van der Waals surface area contributed by atoms with Crippen LogP contribution in [0.15, 0.2) is 59.6 Å². The third-order valence-corrected chi connectivity index (χ3v) is 5.36. The van der Waals surface area contributed by atoms with Crippen LogP contribution in [-0.4, -0.2) is 38.6 Å². The van der Waals surface area contributed by atoms with Crippen LogP contribution in [0.5, 0.6) is 0 Å². The van der Waals surface area contributed by atoms with Crippen molar-refractivity contribution in [3.8, 4) is 0 Å². The molecule has 3 aliphatic rings. The maximum atomic E-state index is 14.3. The molecular formula is C20H20F2N6. The maximum Gasteiger partial charge on any atom is 0.169 e. The molecule has 1 atom stereocenters. The monoisotopic (exact) mass is 382 g/mol. The number of hydrogen-bond donors (Lipinski definition) is 0. The number of hydrazine groups is 1. The first kappa shape index (κ1) is 17.0. The lowest BCUT2D eigenvalue weighted by Crippen LogP contribution is -2.38. The van der Waals surface area contributed by atoms with E-state index < -0.39 is 5.82 Å². The number of halogens is 2. The van der Waals surface area contributed by atoms with E-state index in [-0.39, 0.29) is 11.9 Å². The summed E-state index contributed by atoms with van der Waals surface area (Å²) >= 11 is 0. The van der Waals surface area contributed by atoms with Crippen molar-refractivity contribution in [3.05, 3.63) is 71.8 Å². The molecule has 0 unspecified atom stereocenters. The first-order valence-electron chi connectivity index (χ1n) is 9.35. The fraction of sp³-hybridized carbons (Fsp3) is 0.300. The van der Waals surface area contributed by atoms with E-state index in [1.165, 1.54) is 12.1 Å². The largest absolute Gasteiger partial charge is 0.349 e. The van der Waals surface area contributed by atoms with Gasteiger partial charge >= 0.3 is 0 Å². The van der Waals surface area contributed by atoms with E-state index >= 15 is 0 Å². The molecule has 0 spiro atoms. The Labute approximate surface area is 161 Å². The van der Waals surface area contributed by atoms with Gasteiger partial charge in [-0.2, -0.15) is 5.10 Å². The molecule has 0 bridgehead atoms. The van der Waals surface area contributed by atoms with Gasteiger partial charge in [-0.15, -0.1) is 0 Å². The molecule has 0 radical (unpaired) electrons. The highest BCUT2D eigenvalue weighted by Crippen LogP contribution is 2.36. The van der Waals surface area contributed by atoms with Crippen molar-refractivity contribution in [2.45, 2.75) is 18.9 Å². The van der Waals surface area contributed by atoms with Gasteiger partial charge in [0.1, 0.15) is 17.5 Å². The summed E-state index contributed by atoms with van der Waals surface area (Å²) in [6, 6.07) is 5.40. The molecule has 0 saturated carbocycles.